The fourth-order valence-electron chi connectivity index (χ4n) is 1.85. The summed E-state index contributed by atoms with van der Waals surface area (Å²) in [7, 11) is -0.730. The first kappa shape index (κ1) is 11.9. The molecule has 1 aromatic carbocycles. The van der Waals surface area contributed by atoms with Gasteiger partial charge in [0.15, 0.2) is 0 Å². The van der Waals surface area contributed by atoms with Crippen molar-refractivity contribution in [3.63, 3.8) is 0 Å². The lowest BCUT2D eigenvalue weighted by atomic mass is 10.1. The van der Waals surface area contributed by atoms with Crippen molar-refractivity contribution in [2.24, 2.45) is 5.73 Å². The first-order valence-corrected chi connectivity index (χ1v) is 6.86. The second-order valence-corrected chi connectivity index (χ2v) is 5.67. The second kappa shape index (κ2) is 4.75. The molecule has 0 aliphatic carbocycles. The zero-order chi connectivity index (χ0) is 12.4. The van der Waals surface area contributed by atoms with E-state index >= 15 is 0 Å². The van der Waals surface area contributed by atoms with Crippen molar-refractivity contribution in [2.75, 3.05) is 35.2 Å². The summed E-state index contributed by atoms with van der Waals surface area (Å²) in [6.45, 7) is 1.39. The molecule has 1 aliphatic heterocycles. The summed E-state index contributed by atoms with van der Waals surface area (Å²) in [6, 6.07) is 5.00. The van der Waals surface area contributed by atoms with Crippen molar-refractivity contribution in [3.05, 3.63) is 23.8 Å². The van der Waals surface area contributed by atoms with E-state index in [-0.39, 0.29) is 0 Å². The standard InChI is InChI=1S/C11H15N3O2S/c12-9-2-1-8(11(13)15)7-10(9)14-3-5-17(16)6-4-14/h1-2,7H,3-6,12H2,(H2,13,15). The second-order valence-electron chi connectivity index (χ2n) is 3.97. The third-order valence-electron chi connectivity index (χ3n) is 2.83. The lowest BCUT2D eigenvalue weighted by Crippen LogP contribution is -2.38. The molecule has 17 heavy (non-hydrogen) atoms. The molecule has 0 atom stereocenters. The normalized spacial score (nSPS) is 17.1. The van der Waals surface area contributed by atoms with Gasteiger partial charge in [-0.2, -0.15) is 0 Å². The number of carbonyl (C=O) groups excluding carboxylic acids is 1. The number of anilines is 2. The van der Waals surface area contributed by atoms with E-state index in [9.17, 15) is 9.00 Å². The van der Waals surface area contributed by atoms with E-state index in [1.807, 2.05) is 4.90 Å². The molecule has 4 N–H and O–H groups in total. The van der Waals surface area contributed by atoms with Gasteiger partial charge in [-0.15, -0.1) is 0 Å². The van der Waals surface area contributed by atoms with Crippen LogP contribution >= 0.6 is 0 Å². The lowest BCUT2D eigenvalue weighted by molar-refractivity contribution is 0.100. The first-order chi connectivity index (χ1) is 8.08. The van der Waals surface area contributed by atoms with Gasteiger partial charge in [-0.1, -0.05) is 0 Å². The zero-order valence-corrected chi connectivity index (χ0v) is 10.2. The SMILES string of the molecule is NC(=O)c1ccc(N)c(N2CCS(=O)CC2)c1. The number of carbonyl (C=O) groups is 1. The molecule has 1 fully saturated rings. The summed E-state index contributed by atoms with van der Waals surface area (Å²) < 4.78 is 11.3. The number of benzene rings is 1. The Morgan fingerprint density at radius 2 is 1.94 bits per heavy atom. The van der Waals surface area contributed by atoms with Crippen LogP contribution in [0, 0.1) is 0 Å². The number of hydrogen-bond acceptors (Lipinski definition) is 4. The fourth-order valence-corrected chi connectivity index (χ4v) is 2.90. The summed E-state index contributed by atoms with van der Waals surface area (Å²) in [6.07, 6.45) is 0. The van der Waals surface area contributed by atoms with Crippen molar-refractivity contribution in [1.29, 1.82) is 0 Å². The Morgan fingerprint density at radius 1 is 1.29 bits per heavy atom. The van der Waals surface area contributed by atoms with Gasteiger partial charge >= 0.3 is 0 Å². The Balaban J connectivity index is 2.27. The Kier molecular flexibility index (Phi) is 3.33. The molecule has 1 aliphatic rings. The van der Waals surface area contributed by atoms with Crippen LogP contribution in [0.3, 0.4) is 0 Å². The molecule has 5 nitrogen and oxygen atoms in total. The van der Waals surface area contributed by atoms with Crippen LogP contribution in [0.2, 0.25) is 0 Å². The summed E-state index contributed by atoms with van der Waals surface area (Å²) in [5.41, 5.74) is 13.0. The van der Waals surface area contributed by atoms with Gasteiger partial charge in [0.05, 0.1) is 11.4 Å². The molecule has 0 aromatic heterocycles. The Labute approximate surface area is 102 Å². The maximum absolute atomic E-state index is 11.3. The molecule has 0 bridgehead atoms. The molecule has 0 unspecified atom stereocenters. The van der Waals surface area contributed by atoms with Gasteiger partial charge in [0, 0.05) is 41.0 Å². The fraction of sp³-hybridized carbons (Fsp3) is 0.364. The van der Waals surface area contributed by atoms with Gasteiger partial charge in [0.1, 0.15) is 0 Å². The van der Waals surface area contributed by atoms with Crippen LogP contribution in [0.4, 0.5) is 11.4 Å². The van der Waals surface area contributed by atoms with E-state index < -0.39 is 16.7 Å². The lowest BCUT2D eigenvalue weighted by Gasteiger charge is -2.29. The number of nitrogens with two attached hydrogens (primary N) is 2. The molecular weight excluding hydrogens is 238 g/mol. The molecule has 92 valence electrons. The summed E-state index contributed by atoms with van der Waals surface area (Å²) >= 11 is 0. The third-order valence-corrected chi connectivity index (χ3v) is 4.11. The zero-order valence-electron chi connectivity index (χ0n) is 9.39. The van der Waals surface area contributed by atoms with Crippen molar-refractivity contribution in [1.82, 2.24) is 0 Å². The van der Waals surface area contributed by atoms with Crippen molar-refractivity contribution < 1.29 is 9.00 Å². The third kappa shape index (κ3) is 2.58. The Morgan fingerprint density at radius 3 is 2.53 bits per heavy atom. The van der Waals surface area contributed by atoms with Crippen LogP contribution in [-0.4, -0.2) is 34.7 Å². The number of amides is 1. The van der Waals surface area contributed by atoms with Crippen LogP contribution in [0.1, 0.15) is 10.4 Å². The Hall–Kier alpha value is -1.56. The van der Waals surface area contributed by atoms with Gasteiger partial charge in [0.2, 0.25) is 5.91 Å². The first-order valence-electron chi connectivity index (χ1n) is 5.37. The molecule has 1 heterocycles. The molecule has 0 saturated carbocycles. The smallest absolute Gasteiger partial charge is 0.248 e. The van der Waals surface area contributed by atoms with E-state index in [0.29, 0.717) is 35.8 Å². The van der Waals surface area contributed by atoms with Gasteiger partial charge in [-0.3, -0.25) is 9.00 Å². The van der Waals surface area contributed by atoms with Crippen molar-refractivity contribution in [2.45, 2.75) is 0 Å². The van der Waals surface area contributed by atoms with Crippen LogP contribution in [-0.2, 0) is 10.8 Å². The average molecular weight is 253 g/mol. The topological polar surface area (TPSA) is 89.4 Å². The molecule has 1 amide bonds. The molecule has 6 heteroatoms. The number of nitrogen functional groups attached to an aromatic ring is 1. The maximum atomic E-state index is 11.3. The van der Waals surface area contributed by atoms with Crippen molar-refractivity contribution in [3.8, 4) is 0 Å². The number of primary amides is 1. The highest BCUT2D eigenvalue weighted by atomic mass is 32.2. The van der Waals surface area contributed by atoms with E-state index in [2.05, 4.69) is 0 Å². The van der Waals surface area contributed by atoms with E-state index in [0.717, 1.165) is 5.69 Å². The predicted molar refractivity (Wildman–Crippen MR) is 69.5 cm³/mol. The van der Waals surface area contributed by atoms with Crippen LogP contribution < -0.4 is 16.4 Å². The molecule has 0 radical (unpaired) electrons. The van der Waals surface area contributed by atoms with Gasteiger partial charge in [-0.25, -0.2) is 0 Å². The van der Waals surface area contributed by atoms with Crippen LogP contribution in [0.5, 0.6) is 0 Å². The molecular formula is C11H15N3O2S. The van der Waals surface area contributed by atoms with E-state index in [4.69, 9.17) is 11.5 Å². The minimum Gasteiger partial charge on any atom is -0.397 e. The van der Waals surface area contributed by atoms with Gasteiger partial charge in [-0.05, 0) is 18.2 Å². The predicted octanol–water partition coefficient (Wildman–Crippen LogP) is -0.0636. The number of hydrogen-bond donors (Lipinski definition) is 2. The molecule has 0 spiro atoms. The quantitative estimate of drug-likeness (QED) is 0.722. The Bertz CT molecular complexity index is 466. The maximum Gasteiger partial charge on any atom is 0.248 e. The van der Waals surface area contributed by atoms with Crippen LogP contribution in [0.25, 0.3) is 0 Å². The summed E-state index contributed by atoms with van der Waals surface area (Å²) in [4.78, 5) is 13.2. The monoisotopic (exact) mass is 253 g/mol. The highest BCUT2D eigenvalue weighted by Crippen LogP contribution is 2.25. The van der Waals surface area contributed by atoms with E-state index in [1.54, 1.807) is 18.2 Å². The minimum atomic E-state index is -0.730. The highest BCUT2D eigenvalue weighted by Gasteiger charge is 2.18. The summed E-state index contributed by atoms with van der Waals surface area (Å²) in [5, 5.41) is 0. The molecule has 1 saturated heterocycles. The minimum absolute atomic E-state index is 0.445. The largest absolute Gasteiger partial charge is 0.397 e. The molecule has 1 aromatic rings. The van der Waals surface area contributed by atoms with Gasteiger partial charge < -0.3 is 16.4 Å². The van der Waals surface area contributed by atoms with Crippen LogP contribution in [0.15, 0.2) is 18.2 Å². The number of nitrogens with zero attached hydrogens (tertiary/aromatic N) is 1. The van der Waals surface area contributed by atoms with Gasteiger partial charge in [0.25, 0.3) is 0 Å². The number of rotatable bonds is 2. The van der Waals surface area contributed by atoms with E-state index in [1.165, 1.54) is 0 Å². The highest BCUT2D eigenvalue weighted by molar-refractivity contribution is 7.85. The summed E-state index contributed by atoms with van der Waals surface area (Å²) in [5.74, 6) is 0.812. The van der Waals surface area contributed by atoms with Crippen molar-refractivity contribution >= 4 is 28.1 Å². The average Bonchev–Trinajstić information content (AvgIpc) is 2.31. The molecule has 2 rings (SSSR count).